The van der Waals surface area contributed by atoms with Gasteiger partial charge in [0, 0.05) is 27.7 Å². The quantitative estimate of drug-likeness (QED) is 0.555. The third kappa shape index (κ3) is 3.77. The molecule has 1 aliphatic heterocycles. The van der Waals surface area contributed by atoms with Gasteiger partial charge in [-0.2, -0.15) is 0 Å². The maximum atomic E-state index is 14.3. The van der Waals surface area contributed by atoms with Crippen LogP contribution >= 0.6 is 27.5 Å². The van der Waals surface area contributed by atoms with Gasteiger partial charge in [-0.3, -0.25) is 4.99 Å². The molecule has 3 aromatic rings. The Balaban J connectivity index is 1.91. The molecule has 0 radical (unpaired) electrons. The number of nitrogens with one attached hydrogen (secondary N) is 1. The van der Waals surface area contributed by atoms with E-state index in [2.05, 4.69) is 41.4 Å². The Bertz CT molecular complexity index is 1140. The van der Waals surface area contributed by atoms with E-state index in [1.54, 1.807) is 0 Å². The normalized spacial score (nSPS) is 16.6. The van der Waals surface area contributed by atoms with Gasteiger partial charge in [0.05, 0.1) is 11.8 Å². The summed E-state index contributed by atoms with van der Waals surface area (Å²) in [5, 5.41) is 11.0. The van der Waals surface area contributed by atoms with E-state index in [0.717, 1.165) is 18.7 Å². The summed E-state index contributed by atoms with van der Waals surface area (Å²) in [5.74, 6) is -2.02. The Morgan fingerprint density at radius 1 is 1.17 bits per heavy atom. The number of aliphatic imine (C=N–C) groups is 1. The number of benzene rings is 1. The van der Waals surface area contributed by atoms with Crippen molar-refractivity contribution >= 4 is 38.9 Å². The van der Waals surface area contributed by atoms with Gasteiger partial charge in [0.25, 0.3) is 0 Å². The molecule has 0 fully saturated rings. The lowest BCUT2D eigenvalue weighted by Gasteiger charge is -2.26. The number of alkyl halides is 1. The minimum Gasteiger partial charge on any atom is -0.424 e. The van der Waals surface area contributed by atoms with Crippen molar-refractivity contribution in [3.8, 4) is 0 Å². The maximum absolute atomic E-state index is 14.3. The first-order valence-electron chi connectivity index (χ1n) is 8.14. The molecule has 3 heterocycles. The molecule has 2 aromatic heterocycles. The second-order valence-electron chi connectivity index (χ2n) is 5.92. The van der Waals surface area contributed by atoms with E-state index in [1.807, 2.05) is 0 Å². The SMILES string of the molecule is Fc1cnc(C2=NC(c3ccc(F)cc3Cl)C(c3nnco3)=C(CBr)N2)c(F)c1. The molecule has 1 aliphatic rings. The average Bonchev–Trinajstić information content (AvgIpc) is 3.21. The van der Waals surface area contributed by atoms with Gasteiger partial charge in [-0.05, 0) is 12.1 Å². The molecule has 148 valence electrons. The van der Waals surface area contributed by atoms with Crippen LogP contribution in [0.2, 0.25) is 5.02 Å². The van der Waals surface area contributed by atoms with Gasteiger partial charge >= 0.3 is 0 Å². The molecule has 0 bridgehead atoms. The van der Waals surface area contributed by atoms with Crippen LogP contribution in [0.25, 0.3) is 5.57 Å². The molecule has 29 heavy (non-hydrogen) atoms. The molecule has 0 amide bonds. The van der Waals surface area contributed by atoms with Crippen molar-refractivity contribution in [2.45, 2.75) is 6.04 Å². The molecular weight excluding hydrogens is 475 g/mol. The van der Waals surface area contributed by atoms with Crippen molar-refractivity contribution in [2.75, 3.05) is 5.33 Å². The first kappa shape index (κ1) is 19.6. The van der Waals surface area contributed by atoms with Crippen molar-refractivity contribution < 1.29 is 17.6 Å². The van der Waals surface area contributed by atoms with Crippen molar-refractivity contribution in [1.29, 1.82) is 0 Å². The highest BCUT2D eigenvalue weighted by Crippen LogP contribution is 2.40. The van der Waals surface area contributed by atoms with Crippen molar-refractivity contribution in [3.63, 3.8) is 0 Å². The molecule has 1 aromatic carbocycles. The van der Waals surface area contributed by atoms with Gasteiger partial charge in [0.2, 0.25) is 12.3 Å². The number of aromatic nitrogens is 3. The van der Waals surface area contributed by atoms with Crippen LogP contribution in [-0.2, 0) is 0 Å². The number of rotatable bonds is 4. The molecule has 4 rings (SSSR count). The summed E-state index contributed by atoms with van der Waals surface area (Å²) < 4.78 is 46.5. The molecular formula is C18H10BrClF3N5O. The molecule has 0 aliphatic carbocycles. The molecule has 1 atom stereocenters. The summed E-state index contributed by atoms with van der Waals surface area (Å²) in [7, 11) is 0. The summed E-state index contributed by atoms with van der Waals surface area (Å²) in [6.45, 7) is 0. The van der Waals surface area contributed by atoms with Gasteiger partial charge < -0.3 is 9.73 Å². The average molecular weight is 485 g/mol. The smallest absolute Gasteiger partial charge is 0.247 e. The second-order valence-corrected chi connectivity index (χ2v) is 6.89. The number of nitrogens with zero attached hydrogens (tertiary/aromatic N) is 4. The summed E-state index contributed by atoms with van der Waals surface area (Å²) in [6, 6.07) is 3.71. The van der Waals surface area contributed by atoms with Crippen LogP contribution < -0.4 is 5.32 Å². The zero-order valence-electron chi connectivity index (χ0n) is 14.3. The standard InChI is InChI=1S/C18H10BrClF3N5O/c19-5-13-14(18-28-25-7-29-18)15(10-2-1-8(21)3-11(10)20)27-17(26-13)16-12(23)4-9(22)6-24-16/h1-4,6-7,15H,5H2,(H,26,27). The fourth-order valence-corrected chi connectivity index (χ4v) is 3.61. The zero-order valence-corrected chi connectivity index (χ0v) is 16.7. The summed E-state index contributed by atoms with van der Waals surface area (Å²) >= 11 is 9.62. The lowest BCUT2D eigenvalue weighted by atomic mass is 9.95. The van der Waals surface area contributed by atoms with Gasteiger partial charge in [-0.15, -0.1) is 10.2 Å². The first-order chi connectivity index (χ1) is 14.0. The van der Waals surface area contributed by atoms with Gasteiger partial charge in [0.15, 0.2) is 11.7 Å². The number of pyridine rings is 1. The van der Waals surface area contributed by atoms with Crippen LogP contribution in [0.1, 0.15) is 23.2 Å². The Morgan fingerprint density at radius 2 is 2.00 bits per heavy atom. The van der Waals surface area contributed by atoms with E-state index in [-0.39, 0.29) is 27.8 Å². The first-order valence-corrected chi connectivity index (χ1v) is 9.64. The Hall–Kier alpha value is -2.72. The van der Waals surface area contributed by atoms with E-state index < -0.39 is 23.5 Å². The molecule has 6 nitrogen and oxygen atoms in total. The number of hydrogen-bond acceptors (Lipinski definition) is 6. The van der Waals surface area contributed by atoms with E-state index in [9.17, 15) is 13.2 Å². The Morgan fingerprint density at radius 3 is 2.66 bits per heavy atom. The second kappa shape index (κ2) is 7.96. The maximum Gasteiger partial charge on any atom is 0.247 e. The third-order valence-electron chi connectivity index (χ3n) is 4.14. The number of hydrogen-bond donors (Lipinski definition) is 1. The topological polar surface area (TPSA) is 76.2 Å². The number of halogens is 5. The van der Waals surface area contributed by atoms with E-state index in [1.165, 1.54) is 12.1 Å². The van der Waals surface area contributed by atoms with Crippen molar-refractivity contribution in [1.82, 2.24) is 20.5 Å². The third-order valence-corrected chi connectivity index (χ3v) is 5.03. The molecule has 0 saturated carbocycles. The lowest BCUT2D eigenvalue weighted by Crippen LogP contribution is -2.33. The van der Waals surface area contributed by atoms with Crippen LogP contribution in [0.5, 0.6) is 0 Å². The van der Waals surface area contributed by atoms with Gasteiger partial charge in [0.1, 0.15) is 23.4 Å². The van der Waals surface area contributed by atoms with Crippen molar-refractivity contribution in [3.05, 3.63) is 82.2 Å². The summed E-state index contributed by atoms with van der Waals surface area (Å²) in [5.41, 5.74) is 1.24. The highest BCUT2D eigenvalue weighted by Gasteiger charge is 2.32. The highest BCUT2D eigenvalue weighted by atomic mass is 79.9. The summed E-state index contributed by atoms with van der Waals surface area (Å²) in [4.78, 5) is 8.30. The van der Waals surface area contributed by atoms with Crippen LogP contribution in [0.3, 0.4) is 0 Å². The largest absolute Gasteiger partial charge is 0.424 e. The Labute approximate surface area is 175 Å². The fraction of sp³-hybridized carbons (Fsp3) is 0.111. The molecule has 0 spiro atoms. The summed E-state index contributed by atoms with van der Waals surface area (Å²) in [6.07, 6.45) is 2.03. The molecule has 1 N–H and O–H groups in total. The highest BCUT2D eigenvalue weighted by molar-refractivity contribution is 9.09. The predicted octanol–water partition coefficient (Wildman–Crippen LogP) is 4.43. The minimum absolute atomic E-state index is 0.0469. The van der Waals surface area contributed by atoms with Gasteiger partial charge in [-0.25, -0.2) is 18.2 Å². The van der Waals surface area contributed by atoms with Crippen LogP contribution in [0, 0.1) is 17.5 Å². The number of allylic oxidation sites excluding steroid dienone is 1. The minimum atomic E-state index is -0.893. The van der Waals surface area contributed by atoms with Crippen molar-refractivity contribution in [2.24, 2.45) is 4.99 Å². The molecule has 0 saturated heterocycles. The predicted molar refractivity (Wildman–Crippen MR) is 103 cm³/mol. The fourth-order valence-electron chi connectivity index (χ4n) is 2.90. The van der Waals surface area contributed by atoms with Crippen LogP contribution in [0.15, 0.2) is 52.0 Å². The monoisotopic (exact) mass is 483 g/mol. The molecule has 11 heteroatoms. The number of amidine groups is 1. The Kier molecular flexibility index (Phi) is 5.37. The van der Waals surface area contributed by atoms with E-state index in [0.29, 0.717) is 22.9 Å². The van der Waals surface area contributed by atoms with Crippen LogP contribution in [-0.4, -0.2) is 26.3 Å². The molecule has 1 unspecified atom stereocenters. The van der Waals surface area contributed by atoms with Crippen LogP contribution in [0.4, 0.5) is 13.2 Å². The zero-order chi connectivity index (χ0) is 20.5. The van der Waals surface area contributed by atoms with E-state index in [4.69, 9.17) is 16.0 Å². The van der Waals surface area contributed by atoms with Gasteiger partial charge in [-0.1, -0.05) is 33.6 Å². The van der Waals surface area contributed by atoms with E-state index >= 15 is 0 Å². The lowest BCUT2D eigenvalue weighted by molar-refractivity contribution is 0.530.